The Morgan fingerprint density at radius 1 is 1.53 bits per heavy atom. The fraction of sp³-hybridized carbons (Fsp3) is 0.222. The van der Waals surface area contributed by atoms with Crippen molar-refractivity contribution >= 4 is 17.0 Å². The van der Waals surface area contributed by atoms with E-state index in [1.165, 1.54) is 17.9 Å². The number of carbonyl (C=O) groups is 1. The van der Waals surface area contributed by atoms with Gasteiger partial charge in [-0.2, -0.15) is 0 Å². The average Bonchev–Trinajstić information content (AvgIpc) is 2.55. The summed E-state index contributed by atoms with van der Waals surface area (Å²) < 4.78 is 6.52. The number of ether oxygens (including phenoxy) is 1. The molecule has 0 fully saturated rings. The predicted molar refractivity (Wildman–Crippen MR) is 52.0 cm³/mol. The summed E-state index contributed by atoms with van der Waals surface area (Å²) in [7, 11) is 3.19. The number of methoxy groups -OCH3 is 1. The SMILES string of the molecule is COc1nn(C)c2nc(C(=O)O)ccc12. The van der Waals surface area contributed by atoms with Crippen molar-refractivity contribution in [1.29, 1.82) is 0 Å². The first-order chi connectivity index (χ1) is 7.13. The van der Waals surface area contributed by atoms with Crippen molar-refractivity contribution in [2.45, 2.75) is 0 Å². The lowest BCUT2D eigenvalue weighted by Crippen LogP contribution is -2.01. The molecular weight excluding hydrogens is 198 g/mol. The topological polar surface area (TPSA) is 77.2 Å². The molecule has 0 unspecified atom stereocenters. The second-order valence-corrected chi connectivity index (χ2v) is 3.01. The van der Waals surface area contributed by atoms with Gasteiger partial charge in [0, 0.05) is 7.05 Å². The van der Waals surface area contributed by atoms with Gasteiger partial charge in [0.1, 0.15) is 0 Å². The Labute approximate surface area is 85.1 Å². The number of fused-ring (bicyclic) bond motifs is 1. The summed E-state index contributed by atoms with van der Waals surface area (Å²) in [6, 6.07) is 3.06. The zero-order chi connectivity index (χ0) is 11.0. The molecule has 15 heavy (non-hydrogen) atoms. The van der Waals surface area contributed by atoms with Gasteiger partial charge in [0.15, 0.2) is 11.3 Å². The molecule has 0 aliphatic carbocycles. The third kappa shape index (κ3) is 1.39. The number of aryl methyl sites for hydroxylation is 1. The molecule has 0 aliphatic rings. The van der Waals surface area contributed by atoms with Gasteiger partial charge < -0.3 is 9.84 Å². The minimum Gasteiger partial charge on any atom is -0.479 e. The fourth-order valence-corrected chi connectivity index (χ4v) is 1.37. The molecule has 0 aliphatic heterocycles. The molecule has 0 amide bonds. The second kappa shape index (κ2) is 3.23. The number of aromatic nitrogens is 3. The number of hydrogen-bond acceptors (Lipinski definition) is 4. The first kappa shape index (κ1) is 9.45. The van der Waals surface area contributed by atoms with Crippen molar-refractivity contribution in [2.75, 3.05) is 7.11 Å². The van der Waals surface area contributed by atoms with Crippen LogP contribution in [0.5, 0.6) is 5.88 Å². The molecule has 2 heterocycles. The van der Waals surface area contributed by atoms with Crippen molar-refractivity contribution in [2.24, 2.45) is 7.05 Å². The lowest BCUT2D eigenvalue weighted by molar-refractivity contribution is 0.0691. The molecule has 0 radical (unpaired) electrons. The number of carboxylic acid groups (broad SMARTS) is 1. The third-order valence-corrected chi connectivity index (χ3v) is 2.07. The standard InChI is InChI=1S/C9H9N3O3/c1-12-7-5(8(11-12)15-2)3-4-6(10-7)9(13)14/h3-4H,1-2H3,(H,13,14). The molecule has 2 rings (SSSR count). The van der Waals surface area contributed by atoms with Gasteiger partial charge in [-0.15, -0.1) is 5.10 Å². The highest BCUT2D eigenvalue weighted by Crippen LogP contribution is 2.22. The van der Waals surface area contributed by atoms with Gasteiger partial charge in [-0.1, -0.05) is 0 Å². The van der Waals surface area contributed by atoms with Crippen LogP contribution < -0.4 is 4.74 Å². The van der Waals surface area contributed by atoms with Crippen LogP contribution in [0.3, 0.4) is 0 Å². The molecule has 2 aromatic rings. The van der Waals surface area contributed by atoms with Crippen molar-refractivity contribution in [3.63, 3.8) is 0 Å². The maximum atomic E-state index is 10.7. The minimum absolute atomic E-state index is 0.00634. The van der Waals surface area contributed by atoms with Gasteiger partial charge in [0.2, 0.25) is 5.88 Å². The van der Waals surface area contributed by atoms with Crippen molar-refractivity contribution in [3.05, 3.63) is 17.8 Å². The summed E-state index contributed by atoms with van der Waals surface area (Å²) in [4.78, 5) is 14.7. The lowest BCUT2D eigenvalue weighted by atomic mass is 10.3. The van der Waals surface area contributed by atoms with Crippen LogP contribution in [0, 0.1) is 0 Å². The highest BCUT2D eigenvalue weighted by Gasteiger charge is 2.13. The second-order valence-electron chi connectivity index (χ2n) is 3.01. The molecule has 6 heteroatoms. The number of hydrogen-bond donors (Lipinski definition) is 1. The number of rotatable bonds is 2. The van der Waals surface area contributed by atoms with Crippen LogP contribution in [-0.2, 0) is 7.05 Å². The zero-order valence-electron chi connectivity index (χ0n) is 8.26. The van der Waals surface area contributed by atoms with Gasteiger partial charge in [-0.25, -0.2) is 14.5 Å². The lowest BCUT2D eigenvalue weighted by Gasteiger charge is -1.95. The summed E-state index contributed by atoms with van der Waals surface area (Å²) in [5.41, 5.74) is 0.486. The Hall–Kier alpha value is -2.11. The van der Waals surface area contributed by atoms with Gasteiger partial charge in [0.05, 0.1) is 12.5 Å². The minimum atomic E-state index is -1.06. The van der Waals surface area contributed by atoms with E-state index < -0.39 is 5.97 Å². The molecule has 0 spiro atoms. The van der Waals surface area contributed by atoms with E-state index >= 15 is 0 Å². The van der Waals surface area contributed by atoms with E-state index in [4.69, 9.17) is 9.84 Å². The monoisotopic (exact) mass is 207 g/mol. The normalized spacial score (nSPS) is 10.5. The first-order valence-electron chi connectivity index (χ1n) is 4.24. The Morgan fingerprint density at radius 3 is 2.87 bits per heavy atom. The van der Waals surface area contributed by atoms with Gasteiger partial charge in [-0.05, 0) is 12.1 Å². The summed E-state index contributed by atoms with van der Waals surface area (Å²) in [6.07, 6.45) is 0. The molecule has 0 atom stereocenters. The highest BCUT2D eigenvalue weighted by molar-refractivity contribution is 5.90. The fourth-order valence-electron chi connectivity index (χ4n) is 1.37. The predicted octanol–water partition coefficient (Wildman–Crippen LogP) is 0.675. The summed E-state index contributed by atoms with van der Waals surface area (Å²) >= 11 is 0. The maximum absolute atomic E-state index is 10.7. The van der Waals surface area contributed by atoms with Crippen LogP contribution in [0.1, 0.15) is 10.5 Å². The summed E-state index contributed by atoms with van der Waals surface area (Å²) in [5, 5.41) is 13.5. The first-order valence-corrected chi connectivity index (χ1v) is 4.24. The quantitative estimate of drug-likeness (QED) is 0.783. The van der Waals surface area contributed by atoms with Crippen LogP contribution in [0.2, 0.25) is 0 Å². The number of nitrogens with zero attached hydrogens (tertiary/aromatic N) is 3. The Bertz CT molecular complexity index is 533. The van der Waals surface area contributed by atoms with E-state index in [-0.39, 0.29) is 5.69 Å². The number of carboxylic acids is 1. The molecule has 2 aromatic heterocycles. The van der Waals surface area contributed by atoms with Crippen LogP contribution in [0.25, 0.3) is 11.0 Å². The summed E-state index contributed by atoms with van der Waals surface area (Å²) in [6.45, 7) is 0. The maximum Gasteiger partial charge on any atom is 0.354 e. The highest BCUT2D eigenvalue weighted by atomic mass is 16.5. The van der Waals surface area contributed by atoms with E-state index in [0.29, 0.717) is 16.9 Å². The molecule has 0 bridgehead atoms. The van der Waals surface area contributed by atoms with E-state index in [0.717, 1.165) is 0 Å². The zero-order valence-corrected chi connectivity index (χ0v) is 8.26. The van der Waals surface area contributed by atoms with Crippen LogP contribution >= 0.6 is 0 Å². The van der Waals surface area contributed by atoms with E-state index in [1.807, 2.05) is 0 Å². The van der Waals surface area contributed by atoms with E-state index in [2.05, 4.69) is 10.1 Å². The molecular formula is C9H9N3O3. The Morgan fingerprint density at radius 2 is 2.27 bits per heavy atom. The summed E-state index contributed by atoms with van der Waals surface area (Å²) in [5.74, 6) is -0.617. The molecule has 0 aromatic carbocycles. The molecule has 6 nitrogen and oxygen atoms in total. The largest absolute Gasteiger partial charge is 0.479 e. The van der Waals surface area contributed by atoms with Gasteiger partial charge in [0.25, 0.3) is 0 Å². The Balaban J connectivity index is 2.72. The van der Waals surface area contributed by atoms with Crippen LogP contribution in [0.4, 0.5) is 0 Å². The van der Waals surface area contributed by atoms with Crippen molar-refractivity contribution < 1.29 is 14.6 Å². The number of pyridine rings is 1. The smallest absolute Gasteiger partial charge is 0.354 e. The third-order valence-electron chi connectivity index (χ3n) is 2.07. The van der Waals surface area contributed by atoms with Crippen LogP contribution in [-0.4, -0.2) is 33.0 Å². The molecule has 1 N–H and O–H groups in total. The molecule has 78 valence electrons. The van der Waals surface area contributed by atoms with Gasteiger partial charge in [-0.3, -0.25) is 0 Å². The number of aromatic carboxylic acids is 1. The average molecular weight is 207 g/mol. The van der Waals surface area contributed by atoms with E-state index in [1.54, 1.807) is 13.1 Å². The molecule has 0 saturated carbocycles. The van der Waals surface area contributed by atoms with Crippen molar-refractivity contribution in [3.8, 4) is 5.88 Å². The Kier molecular flexibility index (Phi) is 2.03. The van der Waals surface area contributed by atoms with Crippen LogP contribution in [0.15, 0.2) is 12.1 Å². The van der Waals surface area contributed by atoms with Crippen molar-refractivity contribution in [1.82, 2.24) is 14.8 Å². The van der Waals surface area contributed by atoms with E-state index in [9.17, 15) is 4.79 Å². The van der Waals surface area contributed by atoms with Gasteiger partial charge >= 0.3 is 5.97 Å². The molecule has 0 saturated heterocycles.